The summed E-state index contributed by atoms with van der Waals surface area (Å²) >= 11 is 0. The maximum absolute atomic E-state index is 14.1. The van der Waals surface area contributed by atoms with Crippen molar-refractivity contribution >= 4 is 31.4 Å². The van der Waals surface area contributed by atoms with Crippen molar-refractivity contribution in [2.24, 2.45) is 0 Å². The molecule has 0 aliphatic heterocycles. The van der Waals surface area contributed by atoms with Gasteiger partial charge in [0, 0.05) is 11.1 Å². The maximum atomic E-state index is 14.1. The molecule has 4 aromatic carbocycles. The molecule has 204 valence electrons. The number of halogens is 2. The number of sulfonamides is 2. The number of nitrogens with zero attached hydrogens (tertiary/aromatic N) is 2. The molecule has 0 N–H and O–H groups in total. The van der Waals surface area contributed by atoms with E-state index < -0.39 is 31.7 Å². The highest BCUT2D eigenvalue weighted by Crippen LogP contribution is 2.29. The Morgan fingerprint density at radius 1 is 0.564 bits per heavy atom. The van der Waals surface area contributed by atoms with Crippen LogP contribution in [0.1, 0.15) is 11.1 Å². The minimum Gasteiger partial charge on any atom is -0.457 e. The lowest BCUT2D eigenvalue weighted by atomic mass is 10.2. The van der Waals surface area contributed by atoms with Gasteiger partial charge in [0.2, 0.25) is 20.0 Å². The van der Waals surface area contributed by atoms with Crippen molar-refractivity contribution in [2.75, 3.05) is 21.1 Å². The van der Waals surface area contributed by atoms with Crippen LogP contribution in [0.5, 0.6) is 11.5 Å². The predicted octanol–water partition coefficient (Wildman–Crippen LogP) is 5.69. The Bertz CT molecular complexity index is 1540. The average Bonchev–Trinajstić information content (AvgIpc) is 2.88. The van der Waals surface area contributed by atoms with E-state index in [9.17, 15) is 25.6 Å². The number of hydrogen-bond donors (Lipinski definition) is 0. The third-order valence-corrected chi connectivity index (χ3v) is 8.11. The van der Waals surface area contributed by atoms with E-state index in [4.69, 9.17) is 4.74 Å². The van der Waals surface area contributed by atoms with Gasteiger partial charge in [0.1, 0.15) is 23.1 Å². The van der Waals surface area contributed by atoms with E-state index in [0.717, 1.165) is 21.1 Å². The van der Waals surface area contributed by atoms with Crippen LogP contribution in [0.25, 0.3) is 0 Å². The molecule has 7 nitrogen and oxygen atoms in total. The zero-order valence-electron chi connectivity index (χ0n) is 21.2. The van der Waals surface area contributed by atoms with Crippen LogP contribution in [0.15, 0.2) is 97.1 Å². The molecule has 0 unspecified atom stereocenters. The summed E-state index contributed by atoms with van der Waals surface area (Å²) < 4.78 is 86.0. The third kappa shape index (κ3) is 7.12. The largest absolute Gasteiger partial charge is 0.457 e. The predicted molar refractivity (Wildman–Crippen MR) is 148 cm³/mol. The maximum Gasteiger partial charge on any atom is 0.232 e. The third-order valence-electron chi connectivity index (χ3n) is 5.83. The quantitative estimate of drug-likeness (QED) is 0.244. The fourth-order valence-electron chi connectivity index (χ4n) is 3.86. The monoisotopic (exact) mass is 572 g/mol. The summed E-state index contributed by atoms with van der Waals surface area (Å²) in [4.78, 5) is 0. The summed E-state index contributed by atoms with van der Waals surface area (Å²) in [6, 6.07) is 24.4. The number of benzene rings is 4. The number of hydrogen-bond acceptors (Lipinski definition) is 5. The zero-order valence-corrected chi connectivity index (χ0v) is 22.8. The van der Waals surface area contributed by atoms with Crippen molar-refractivity contribution in [3.63, 3.8) is 0 Å². The van der Waals surface area contributed by atoms with Gasteiger partial charge >= 0.3 is 0 Å². The van der Waals surface area contributed by atoms with Crippen LogP contribution in [-0.2, 0) is 33.1 Å². The molecule has 0 saturated carbocycles. The van der Waals surface area contributed by atoms with Gasteiger partial charge in [-0.2, -0.15) is 0 Å². The first-order chi connectivity index (χ1) is 18.4. The molecule has 0 fully saturated rings. The first-order valence-electron chi connectivity index (χ1n) is 11.7. The molecule has 0 aliphatic rings. The minimum atomic E-state index is -3.71. The van der Waals surface area contributed by atoms with Gasteiger partial charge < -0.3 is 4.74 Å². The molecule has 4 aromatic rings. The lowest BCUT2D eigenvalue weighted by Gasteiger charge is -2.23. The van der Waals surface area contributed by atoms with Crippen LogP contribution in [-0.4, -0.2) is 29.3 Å². The molecule has 0 bridgehead atoms. The van der Waals surface area contributed by atoms with E-state index in [1.165, 1.54) is 36.4 Å². The second-order valence-corrected chi connectivity index (χ2v) is 12.6. The van der Waals surface area contributed by atoms with Crippen LogP contribution < -0.4 is 13.3 Å². The second-order valence-electron chi connectivity index (χ2n) is 8.81. The molecular weight excluding hydrogens is 546 g/mol. The lowest BCUT2D eigenvalue weighted by Crippen LogP contribution is -2.29. The smallest absolute Gasteiger partial charge is 0.232 e. The highest BCUT2D eigenvalue weighted by molar-refractivity contribution is 7.92. The Morgan fingerprint density at radius 3 is 1.21 bits per heavy atom. The molecule has 0 spiro atoms. The Kier molecular flexibility index (Phi) is 8.22. The molecule has 4 rings (SSSR count). The average molecular weight is 573 g/mol. The lowest BCUT2D eigenvalue weighted by molar-refractivity contribution is 0.482. The summed E-state index contributed by atoms with van der Waals surface area (Å²) in [7, 11) is -7.41. The SMILES string of the molecule is CS(=O)(=O)N(Cc1ccccc1F)c1ccc(Oc2ccc(N(Cc3ccccc3F)S(C)(=O)=O)cc2)cc1. The van der Waals surface area contributed by atoms with Crippen molar-refractivity contribution in [3.05, 3.63) is 120 Å². The number of rotatable bonds is 10. The van der Waals surface area contributed by atoms with Gasteiger partial charge in [0.15, 0.2) is 0 Å². The van der Waals surface area contributed by atoms with Crippen LogP contribution >= 0.6 is 0 Å². The van der Waals surface area contributed by atoms with Gasteiger partial charge in [-0.15, -0.1) is 0 Å². The summed E-state index contributed by atoms with van der Waals surface area (Å²) in [5.74, 6) is -0.204. The van der Waals surface area contributed by atoms with Crippen LogP contribution in [0.4, 0.5) is 20.2 Å². The summed E-state index contributed by atoms with van der Waals surface area (Å²) in [5.41, 5.74) is 1.14. The van der Waals surface area contributed by atoms with Gasteiger partial charge in [-0.3, -0.25) is 8.61 Å². The van der Waals surface area contributed by atoms with Crippen LogP contribution in [0, 0.1) is 11.6 Å². The van der Waals surface area contributed by atoms with E-state index in [0.29, 0.717) is 22.9 Å². The summed E-state index contributed by atoms with van der Waals surface area (Å²) in [6.45, 7) is -0.340. The van der Waals surface area contributed by atoms with Crippen molar-refractivity contribution in [1.82, 2.24) is 0 Å². The van der Waals surface area contributed by atoms with Gasteiger partial charge in [0.25, 0.3) is 0 Å². The molecule has 0 aliphatic carbocycles. The van der Waals surface area contributed by atoms with Gasteiger partial charge in [0.05, 0.1) is 37.0 Å². The van der Waals surface area contributed by atoms with Crippen LogP contribution in [0.2, 0.25) is 0 Å². The van der Waals surface area contributed by atoms with Crippen LogP contribution in [0.3, 0.4) is 0 Å². The number of anilines is 2. The van der Waals surface area contributed by atoms with Crippen molar-refractivity contribution < 1.29 is 30.4 Å². The molecule has 0 heterocycles. The highest BCUT2D eigenvalue weighted by atomic mass is 32.2. The molecule has 0 radical (unpaired) electrons. The van der Waals surface area contributed by atoms with Crippen molar-refractivity contribution in [1.29, 1.82) is 0 Å². The highest BCUT2D eigenvalue weighted by Gasteiger charge is 2.21. The Hall–Kier alpha value is -3.96. The van der Waals surface area contributed by atoms with E-state index in [1.54, 1.807) is 60.7 Å². The standard InChI is InChI=1S/C28H26F2N2O5S2/c1-38(33,34)31(19-21-7-3-5-9-27(21)29)23-11-15-25(16-12-23)37-26-17-13-24(14-18-26)32(39(2,35)36)20-22-8-4-6-10-28(22)30/h3-18H,19-20H2,1-2H3. The molecule has 39 heavy (non-hydrogen) atoms. The van der Waals surface area contributed by atoms with Crippen molar-refractivity contribution in [3.8, 4) is 11.5 Å². The fraction of sp³-hybridized carbons (Fsp3) is 0.143. The number of ether oxygens (including phenoxy) is 1. The molecular formula is C28H26F2N2O5S2. The Labute approximate surface area is 227 Å². The molecule has 0 aromatic heterocycles. The summed E-state index contributed by atoms with van der Waals surface area (Å²) in [5, 5.41) is 0. The van der Waals surface area contributed by atoms with Gasteiger partial charge in [-0.1, -0.05) is 36.4 Å². The summed E-state index contributed by atoms with van der Waals surface area (Å²) in [6.07, 6.45) is 2.09. The topological polar surface area (TPSA) is 84.0 Å². The molecule has 0 saturated heterocycles. The Morgan fingerprint density at radius 2 is 0.897 bits per heavy atom. The minimum absolute atomic E-state index is 0.170. The van der Waals surface area contributed by atoms with Gasteiger partial charge in [-0.05, 0) is 60.7 Å². The molecule has 0 amide bonds. The van der Waals surface area contributed by atoms with Gasteiger partial charge in [-0.25, -0.2) is 25.6 Å². The zero-order chi connectivity index (χ0) is 28.2. The van der Waals surface area contributed by atoms with E-state index in [-0.39, 0.29) is 24.2 Å². The fourth-order valence-corrected chi connectivity index (χ4v) is 5.62. The first kappa shape index (κ1) is 28.1. The van der Waals surface area contributed by atoms with Crippen molar-refractivity contribution in [2.45, 2.75) is 13.1 Å². The molecule has 0 atom stereocenters. The van der Waals surface area contributed by atoms with E-state index >= 15 is 0 Å². The molecule has 11 heteroatoms. The first-order valence-corrected chi connectivity index (χ1v) is 15.4. The second kappa shape index (κ2) is 11.4. The Balaban J connectivity index is 1.51. The van der Waals surface area contributed by atoms with E-state index in [1.807, 2.05) is 0 Å². The normalized spacial score (nSPS) is 11.7. The van der Waals surface area contributed by atoms with E-state index in [2.05, 4.69) is 0 Å².